The average Bonchev–Trinajstić information content (AvgIpc) is 2.57. The largest absolute Gasteiger partial charge is 0.486 e. The fourth-order valence-corrected chi connectivity index (χ4v) is 3.23. The Balaban J connectivity index is 1.56. The fourth-order valence-electron chi connectivity index (χ4n) is 2.76. The quantitative estimate of drug-likeness (QED) is 0.826. The highest BCUT2D eigenvalue weighted by atomic mass is 79.9. The Hall–Kier alpha value is -2.05. The van der Waals surface area contributed by atoms with E-state index in [9.17, 15) is 4.79 Å². The molecule has 5 nitrogen and oxygen atoms in total. The van der Waals surface area contributed by atoms with Crippen LogP contribution in [0.15, 0.2) is 40.9 Å². The molecule has 3 rings (SSSR count). The van der Waals surface area contributed by atoms with Crippen LogP contribution in [0.1, 0.15) is 11.1 Å². The SMILES string of the molecule is Cc1cc(Br)ccc1NC(=O)CN(C)Cc1ccc2c(c1)OCCO2. The molecule has 25 heavy (non-hydrogen) atoms. The molecule has 1 amide bonds. The molecule has 0 aromatic heterocycles. The number of ether oxygens (including phenoxy) is 2. The minimum absolute atomic E-state index is 0.0366. The number of carbonyl (C=O) groups is 1. The van der Waals surface area contributed by atoms with Crippen LogP contribution in [0.4, 0.5) is 5.69 Å². The summed E-state index contributed by atoms with van der Waals surface area (Å²) in [6.45, 7) is 4.09. The Morgan fingerprint density at radius 3 is 2.68 bits per heavy atom. The van der Waals surface area contributed by atoms with Gasteiger partial charge in [-0.15, -0.1) is 0 Å². The molecule has 0 atom stereocenters. The second-order valence-corrected chi connectivity index (χ2v) is 7.07. The summed E-state index contributed by atoms with van der Waals surface area (Å²) in [6, 6.07) is 11.7. The molecule has 2 aromatic carbocycles. The summed E-state index contributed by atoms with van der Waals surface area (Å²) in [5, 5.41) is 2.96. The summed E-state index contributed by atoms with van der Waals surface area (Å²) in [5.74, 6) is 1.51. The standard InChI is InChI=1S/C19H21BrN2O3/c1-13-9-15(20)4-5-16(13)21-19(23)12-22(2)11-14-3-6-17-18(10-14)25-8-7-24-17/h3-6,9-10H,7-8,11-12H2,1-2H3,(H,21,23). The van der Waals surface area contributed by atoms with E-state index < -0.39 is 0 Å². The maximum absolute atomic E-state index is 12.3. The number of nitrogens with one attached hydrogen (secondary N) is 1. The third kappa shape index (κ3) is 4.74. The number of anilines is 1. The van der Waals surface area contributed by atoms with Gasteiger partial charge in [0, 0.05) is 16.7 Å². The van der Waals surface area contributed by atoms with Crippen LogP contribution in [-0.4, -0.2) is 37.6 Å². The van der Waals surface area contributed by atoms with Gasteiger partial charge in [-0.05, 0) is 55.4 Å². The van der Waals surface area contributed by atoms with E-state index in [-0.39, 0.29) is 5.91 Å². The van der Waals surface area contributed by atoms with Gasteiger partial charge in [0.2, 0.25) is 5.91 Å². The number of fused-ring (bicyclic) bond motifs is 1. The van der Waals surface area contributed by atoms with Crippen molar-refractivity contribution in [2.75, 3.05) is 32.1 Å². The van der Waals surface area contributed by atoms with Crippen molar-refractivity contribution >= 4 is 27.5 Å². The van der Waals surface area contributed by atoms with Crippen LogP contribution < -0.4 is 14.8 Å². The van der Waals surface area contributed by atoms with E-state index in [1.807, 2.05) is 55.3 Å². The molecule has 1 aliphatic heterocycles. The van der Waals surface area contributed by atoms with Crippen LogP contribution in [-0.2, 0) is 11.3 Å². The molecule has 0 radical (unpaired) electrons. The predicted molar refractivity (Wildman–Crippen MR) is 101 cm³/mol. The minimum Gasteiger partial charge on any atom is -0.486 e. The van der Waals surface area contributed by atoms with Crippen molar-refractivity contribution in [3.8, 4) is 11.5 Å². The van der Waals surface area contributed by atoms with Gasteiger partial charge in [-0.3, -0.25) is 9.69 Å². The van der Waals surface area contributed by atoms with Gasteiger partial charge in [-0.25, -0.2) is 0 Å². The smallest absolute Gasteiger partial charge is 0.238 e. The number of benzene rings is 2. The molecule has 0 spiro atoms. The van der Waals surface area contributed by atoms with Crippen molar-refractivity contribution in [3.63, 3.8) is 0 Å². The second kappa shape index (κ2) is 7.89. The summed E-state index contributed by atoms with van der Waals surface area (Å²) in [7, 11) is 1.92. The van der Waals surface area contributed by atoms with Crippen molar-refractivity contribution in [2.24, 2.45) is 0 Å². The molecular weight excluding hydrogens is 384 g/mol. The van der Waals surface area contributed by atoms with Gasteiger partial charge < -0.3 is 14.8 Å². The van der Waals surface area contributed by atoms with Gasteiger partial charge in [0.05, 0.1) is 6.54 Å². The lowest BCUT2D eigenvalue weighted by molar-refractivity contribution is -0.117. The first kappa shape index (κ1) is 17.8. The molecule has 0 saturated carbocycles. The highest BCUT2D eigenvalue weighted by molar-refractivity contribution is 9.10. The Morgan fingerprint density at radius 2 is 1.92 bits per heavy atom. The summed E-state index contributed by atoms with van der Waals surface area (Å²) < 4.78 is 12.1. The van der Waals surface area contributed by atoms with Crippen LogP contribution in [0.3, 0.4) is 0 Å². The fraction of sp³-hybridized carbons (Fsp3) is 0.316. The van der Waals surface area contributed by atoms with E-state index in [4.69, 9.17) is 9.47 Å². The Morgan fingerprint density at radius 1 is 1.16 bits per heavy atom. The maximum Gasteiger partial charge on any atom is 0.238 e. The van der Waals surface area contributed by atoms with Gasteiger partial charge in [0.15, 0.2) is 11.5 Å². The molecule has 1 N–H and O–H groups in total. The van der Waals surface area contributed by atoms with E-state index in [1.54, 1.807) is 0 Å². The van der Waals surface area contributed by atoms with Gasteiger partial charge in [-0.2, -0.15) is 0 Å². The van der Waals surface area contributed by atoms with Crippen LogP contribution in [0.2, 0.25) is 0 Å². The summed E-state index contributed by atoms with van der Waals surface area (Å²) in [4.78, 5) is 14.2. The molecule has 0 fully saturated rings. The molecule has 1 aliphatic rings. The first-order chi connectivity index (χ1) is 12.0. The van der Waals surface area contributed by atoms with E-state index >= 15 is 0 Å². The lowest BCUT2D eigenvalue weighted by Gasteiger charge is -2.21. The number of hydrogen-bond acceptors (Lipinski definition) is 4. The van der Waals surface area contributed by atoms with Crippen molar-refractivity contribution in [3.05, 3.63) is 52.0 Å². The van der Waals surface area contributed by atoms with Crippen LogP contribution >= 0.6 is 15.9 Å². The summed E-state index contributed by atoms with van der Waals surface area (Å²) in [5.41, 5.74) is 2.94. The highest BCUT2D eigenvalue weighted by Gasteiger charge is 2.14. The van der Waals surface area contributed by atoms with Crippen molar-refractivity contribution in [2.45, 2.75) is 13.5 Å². The van der Waals surface area contributed by atoms with Crippen molar-refractivity contribution in [1.82, 2.24) is 4.90 Å². The van der Waals surface area contributed by atoms with E-state index in [0.717, 1.165) is 32.8 Å². The molecular formula is C19H21BrN2O3. The molecule has 0 saturated heterocycles. The molecule has 132 valence electrons. The maximum atomic E-state index is 12.3. The lowest BCUT2D eigenvalue weighted by Crippen LogP contribution is -2.30. The molecule has 0 unspecified atom stereocenters. The van der Waals surface area contributed by atoms with Crippen LogP contribution in [0.5, 0.6) is 11.5 Å². The van der Waals surface area contributed by atoms with Gasteiger partial charge in [0.1, 0.15) is 13.2 Å². The topological polar surface area (TPSA) is 50.8 Å². The third-order valence-corrected chi connectivity index (χ3v) is 4.43. The van der Waals surface area contributed by atoms with Crippen molar-refractivity contribution in [1.29, 1.82) is 0 Å². The number of amides is 1. The number of nitrogens with zero attached hydrogens (tertiary/aromatic N) is 1. The molecule has 1 heterocycles. The Kier molecular flexibility index (Phi) is 5.60. The summed E-state index contributed by atoms with van der Waals surface area (Å²) in [6.07, 6.45) is 0. The number of aryl methyl sites for hydroxylation is 1. The number of halogens is 1. The molecule has 0 bridgehead atoms. The zero-order chi connectivity index (χ0) is 17.8. The van der Waals surface area contributed by atoms with Gasteiger partial charge in [0.25, 0.3) is 0 Å². The number of carbonyl (C=O) groups excluding carboxylic acids is 1. The van der Waals surface area contributed by atoms with Crippen LogP contribution in [0, 0.1) is 6.92 Å². The lowest BCUT2D eigenvalue weighted by atomic mass is 10.2. The number of hydrogen-bond donors (Lipinski definition) is 1. The minimum atomic E-state index is -0.0366. The van der Waals surface area contributed by atoms with Crippen LogP contribution in [0.25, 0.3) is 0 Å². The van der Waals surface area contributed by atoms with E-state index in [1.165, 1.54) is 0 Å². The predicted octanol–water partition coefficient (Wildman–Crippen LogP) is 3.60. The second-order valence-electron chi connectivity index (χ2n) is 6.16. The monoisotopic (exact) mass is 404 g/mol. The molecule has 0 aliphatic carbocycles. The van der Waals surface area contributed by atoms with E-state index in [2.05, 4.69) is 21.2 Å². The Labute approximate surface area is 156 Å². The number of likely N-dealkylation sites (N-methyl/N-ethyl adjacent to an activating group) is 1. The molecule has 6 heteroatoms. The molecule has 2 aromatic rings. The normalized spacial score (nSPS) is 13.0. The highest BCUT2D eigenvalue weighted by Crippen LogP contribution is 2.31. The Bertz CT molecular complexity index is 779. The van der Waals surface area contributed by atoms with Gasteiger partial charge in [-0.1, -0.05) is 22.0 Å². The van der Waals surface area contributed by atoms with Gasteiger partial charge >= 0.3 is 0 Å². The zero-order valence-corrected chi connectivity index (χ0v) is 15.9. The first-order valence-electron chi connectivity index (χ1n) is 8.14. The third-order valence-electron chi connectivity index (χ3n) is 3.94. The van der Waals surface area contributed by atoms with E-state index in [0.29, 0.717) is 26.3 Å². The first-order valence-corrected chi connectivity index (χ1v) is 8.93. The van der Waals surface area contributed by atoms with Crippen molar-refractivity contribution < 1.29 is 14.3 Å². The number of rotatable bonds is 5. The average molecular weight is 405 g/mol. The summed E-state index contributed by atoms with van der Waals surface area (Å²) >= 11 is 3.43. The zero-order valence-electron chi connectivity index (χ0n) is 14.3.